The summed E-state index contributed by atoms with van der Waals surface area (Å²) in [6, 6.07) is 0. The first kappa shape index (κ1) is 21.0. The minimum Gasteiger partial charge on any atom is -0.376 e. The van der Waals surface area contributed by atoms with E-state index in [0.717, 1.165) is 62.5 Å². The van der Waals surface area contributed by atoms with Crippen LogP contribution < -0.4 is 5.32 Å². The van der Waals surface area contributed by atoms with Crippen LogP contribution in [-0.4, -0.2) is 65.5 Å². The van der Waals surface area contributed by atoms with Crippen LogP contribution in [-0.2, 0) is 16.0 Å². The number of aliphatic imine (C=N–C) groups is 1. The monoisotopic (exact) mass is 399 g/mol. The summed E-state index contributed by atoms with van der Waals surface area (Å²) >= 11 is 0. The summed E-state index contributed by atoms with van der Waals surface area (Å²) in [6.45, 7) is 3.41. The molecule has 2 aliphatic heterocycles. The van der Waals surface area contributed by atoms with Gasteiger partial charge in [0.1, 0.15) is 12.4 Å². The first-order chi connectivity index (χ1) is 13.7. The van der Waals surface area contributed by atoms with Crippen LogP contribution in [0.4, 0.5) is 8.78 Å². The Kier molecular flexibility index (Phi) is 8.02. The maximum Gasteiger partial charge on any atom is 0.319 e. The molecule has 1 N–H and O–H groups in total. The Balaban J connectivity index is 1.48. The fourth-order valence-electron chi connectivity index (χ4n) is 3.63. The number of ether oxygens (including phenoxy) is 2. The highest BCUT2D eigenvalue weighted by molar-refractivity contribution is 5.80. The number of nitrogens with one attached hydrogen (secondary N) is 1. The molecule has 9 heteroatoms. The fourth-order valence-corrected chi connectivity index (χ4v) is 3.63. The van der Waals surface area contributed by atoms with Crippen LogP contribution in [0.1, 0.15) is 51.4 Å². The maximum atomic E-state index is 13.0. The smallest absolute Gasteiger partial charge is 0.319 e. The lowest BCUT2D eigenvalue weighted by Gasteiger charge is -2.35. The molecule has 7 nitrogen and oxygen atoms in total. The molecule has 3 heterocycles. The van der Waals surface area contributed by atoms with Crippen molar-refractivity contribution < 1.29 is 18.3 Å². The van der Waals surface area contributed by atoms with Crippen LogP contribution >= 0.6 is 0 Å². The van der Waals surface area contributed by atoms with Gasteiger partial charge in [0.15, 0.2) is 5.96 Å². The third-order valence-electron chi connectivity index (χ3n) is 5.20. The zero-order chi connectivity index (χ0) is 19.8. The van der Waals surface area contributed by atoms with E-state index in [1.54, 1.807) is 0 Å². The van der Waals surface area contributed by atoms with Crippen molar-refractivity contribution in [3.05, 3.63) is 18.2 Å². The molecule has 0 saturated carbocycles. The number of rotatable bonds is 7. The number of imidazole rings is 1. The first-order valence-corrected chi connectivity index (χ1v) is 10.2. The summed E-state index contributed by atoms with van der Waals surface area (Å²) in [6.07, 6.45) is 8.43. The summed E-state index contributed by atoms with van der Waals surface area (Å²) in [5.74, 6) is 0.997. The molecule has 0 aliphatic carbocycles. The minimum absolute atomic E-state index is 0.120. The molecule has 2 aliphatic rings. The van der Waals surface area contributed by atoms with Crippen LogP contribution in [0, 0.1) is 0 Å². The predicted molar refractivity (Wildman–Crippen MR) is 102 cm³/mol. The van der Waals surface area contributed by atoms with Gasteiger partial charge in [-0.1, -0.05) is 0 Å². The van der Waals surface area contributed by atoms with Crippen LogP contribution in [0.2, 0.25) is 0 Å². The van der Waals surface area contributed by atoms with E-state index in [0.29, 0.717) is 6.61 Å². The van der Waals surface area contributed by atoms with Crippen molar-refractivity contribution >= 4 is 5.96 Å². The number of nitrogens with zero attached hydrogens (tertiary/aromatic N) is 4. The second kappa shape index (κ2) is 10.7. The van der Waals surface area contributed by atoms with Gasteiger partial charge in [-0.3, -0.25) is 4.57 Å². The van der Waals surface area contributed by atoms with Gasteiger partial charge in [-0.05, 0) is 39.0 Å². The van der Waals surface area contributed by atoms with Gasteiger partial charge in [-0.15, -0.1) is 0 Å². The number of aromatic nitrogens is 2. The number of hydrogen-bond donors (Lipinski definition) is 1. The highest BCUT2D eigenvalue weighted by Crippen LogP contribution is 2.18. The highest BCUT2D eigenvalue weighted by atomic mass is 19.3. The topological polar surface area (TPSA) is 63.9 Å². The molecule has 0 spiro atoms. The predicted octanol–water partition coefficient (Wildman–Crippen LogP) is 2.79. The van der Waals surface area contributed by atoms with Crippen molar-refractivity contribution in [3.8, 4) is 0 Å². The number of hydrogen-bond acceptors (Lipinski definition) is 4. The Labute approximate surface area is 165 Å². The summed E-state index contributed by atoms with van der Waals surface area (Å²) < 4.78 is 38.6. The third-order valence-corrected chi connectivity index (χ3v) is 5.20. The first-order valence-electron chi connectivity index (χ1n) is 10.2. The van der Waals surface area contributed by atoms with E-state index in [9.17, 15) is 8.78 Å². The lowest BCUT2D eigenvalue weighted by atomic mass is 10.1. The summed E-state index contributed by atoms with van der Waals surface area (Å²) in [5.41, 5.74) is 0. The maximum absolute atomic E-state index is 13.0. The lowest BCUT2D eigenvalue weighted by Crippen LogP contribution is -2.47. The number of likely N-dealkylation sites (tertiary alicyclic amines) is 1. The molecule has 0 radical (unpaired) electrons. The van der Waals surface area contributed by atoms with E-state index >= 15 is 0 Å². The number of alkyl halides is 2. The van der Waals surface area contributed by atoms with Crippen molar-refractivity contribution in [2.24, 2.45) is 4.99 Å². The second-order valence-corrected chi connectivity index (χ2v) is 7.21. The van der Waals surface area contributed by atoms with Crippen LogP contribution in [0.5, 0.6) is 0 Å². The highest BCUT2D eigenvalue weighted by Gasteiger charge is 2.24. The van der Waals surface area contributed by atoms with Crippen molar-refractivity contribution in [2.75, 3.05) is 32.8 Å². The van der Waals surface area contributed by atoms with Crippen molar-refractivity contribution in [2.45, 2.75) is 64.3 Å². The molecule has 0 amide bonds. The second-order valence-electron chi connectivity index (χ2n) is 7.21. The summed E-state index contributed by atoms with van der Waals surface area (Å²) in [7, 11) is 0. The number of piperidine rings is 1. The Hall–Kier alpha value is -1.74. The van der Waals surface area contributed by atoms with E-state index in [4.69, 9.17) is 9.47 Å². The Morgan fingerprint density at radius 1 is 1.36 bits per heavy atom. The van der Waals surface area contributed by atoms with E-state index in [-0.39, 0.29) is 24.6 Å². The molecule has 2 fully saturated rings. The molecule has 1 aromatic heterocycles. The van der Waals surface area contributed by atoms with Crippen molar-refractivity contribution in [1.29, 1.82) is 0 Å². The molecule has 158 valence electrons. The van der Waals surface area contributed by atoms with Gasteiger partial charge in [0.05, 0.1) is 18.8 Å². The molecule has 2 saturated heterocycles. The van der Waals surface area contributed by atoms with E-state index in [2.05, 4.69) is 20.2 Å². The van der Waals surface area contributed by atoms with Gasteiger partial charge < -0.3 is 19.7 Å². The van der Waals surface area contributed by atoms with Gasteiger partial charge in [-0.25, -0.2) is 9.98 Å². The molecule has 0 bridgehead atoms. The Bertz CT molecular complexity index is 611. The Morgan fingerprint density at radius 2 is 2.18 bits per heavy atom. The SMILES string of the molecule is CCNC(=NCc1nccn1C(F)F)N1CCC(OCC2CCCCO2)CC1. The molecular weight excluding hydrogens is 368 g/mol. The zero-order valence-electron chi connectivity index (χ0n) is 16.5. The quantitative estimate of drug-likeness (QED) is 0.564. The minimum atomic E-state index is -2.60. The van der Waals surface area contributed by atoms with Gasteiger partial charge in [0, 0.05) is 38.6 Å². The largest absolute Gasteiger partial charge is 0.376 e. The van der Waals surface area contributed by atoms with E-state index in [1.807, 2.05) is 6.92 Å². The van der Waals surface area contributed by atoms with Crippen molar-refractivity contribution in [1.82, 2.24) is 19.8 Å². The number of guanidine groups is 1. The van der Waals surface area contributed by atoms with Gasteiger partial charge in [0.25, 0.3) is 0 Å². The molecule has 3 rings (SSSR count). The van der Waals surface area contributed by atoms with E-state index in [1.165, 1.54) is 18.8 Å². The van der Waals surface area contributed by atoms with Crippen LogP contribution in [0.15, 0.2) is 17.4 Å². The fraction of sp³-hybridized carbons (Fsp3) is 0.789. The van der Waals surface area contributed by atoms with Gasteiger partial charge in [-0.2, -0.15) is 8.78 Å². The average Bonchev–Trinajstić information content (AvgIpc) is 3.20. The molecule has 1 unspecified atom stereocenters. The summed E-state index contributed by atoms with van der Waals surface area (Å²) in [4.78, 5) is 10.7. The van der Waals surface area contributed by atoms with Crippen LogP contribution in [0.3, 0.4) is 0 Å². The van der Waals surface area contributed by atoms with Gasteiger partial charge >= 0.3 is 6.55 Å². The standard InChI is InChI=1S/C19H31F2N5O2/c1-2-22-19(24-13-17-23-8-11-26(17)18(20)21)25-9-6-15(7-10-25)28-14-16-5-3-4-12-27-16/h8,11,15-16,18H,2-7,9-10,12-14H2,1H3,(H,22,24). The normalized spacial score (nSPS) is 22.1. The van der Waals surface area contributed by atoms with E-state index < -0.39 is 6.55 Å². The zero-order valence-corrected chi connectivity index (χ0v) is 16.5. The third kappa shape index (κ3) is 5.88. The summed E-state index contributed by atoms with van der Waals surface area (Å²) in [5, 5.41) is 3.25. The molecular formula is C19H31F2N5O2. The molecule has 0 aromatic carbocycles. The molecule has 1 aromatic rings. The Morgan fingerprint density at radius 3 is 2.86 bits per heavy atom. The average molecular weight is 399 g/mol. The van der Waals surface area contributed by atoms with Crippen LogP contribution in [0.25, 0.3) is 0 Å². The van der Waals surface area contributed by atoms with Gasteiger partial charge in [0.2, 0.25) is 0 Å². The van der Waals surface area contributed by atoms with Crippen molar-refractivity contribution in [3.63, 3.8) is 0 Å². The molecule has 28 heavy (non-hydrogen) atoms. The number of halogens is 2. The lowest BCUT2D eigenvalue weighted by molar-refractivity contribution is -0.0721. The molecule has 1 atom stereocenters.